The molecule has 0 radical (unpaired) electrons. The predicted octanol–water partition coefficient (Wildman–Crippen LogP) is 1.75. The summed E-state index contributed by atoms with van der Waals surface area (Å²) < 4.78 is 2.12. The topological polar surface area (TPSA) is 42.7 Å². The first-order chi connectivity index (χ1) is 7.31. The van der Waals surface area contributed by atoms with Gasteiger partial charge in [-0.1, -0.05) is 19.8 Å². The van der Waals surface area contributed by atoms with E-state index in [0.29, 0.717) is 6.04 Å². The van der Waals surface area contributed by atoms with Gasteiger partial charge in [0.1, 0.15) is 12.2 Å². The summed E-state index contributed by atoms with van der Waals surface area (Å²) in [7, 11) is 1.95. The van der Waals surface area contributed by atoms with Crippen LogP contribution in [0.2, 0.25) is 0 Å². The molecule has 1 N–H and O–H groups in total. The standard InChI is InChI=1S/C11H20N4/c1-9-4-3-5-10(6-9)15-11(7-12-2)13-8-14-15/h8-10,12H,3-7H2,1-2H3. The molecule has 15 heavy (non-hydrogen) atoms. The minimum atomic E-state index is 0.569. The zero-order valence-electron chi connectivity index (χ0n) is 9.61. The molecule has 0 aliphatic heterocycles. The molecule has 2 unspecified atom stereocenters. The van der Waals surface area contributed by atoms with E-state index in [2.05, 4.69) is 27.0 Å². The van der Waals surface area contributed by atoms with Crippen LogP contribution in [0.3, 0.4) is 0 Å². The molecule has 0 spiro atoms. The van der Waals surface area contributed by atoms with Crippen molar-refractivity contribution in [2.24, 2.45) is 5.92 Å². The van der Waals surface area contributed by atoms with Crippen LogP contribution in [0.1, 0.15) is 44.5 Å². The lowest BCUT2D eigenvalue weighted by Gasteiger charge is -2.27. The molecule has 0 aromatic carbocycles. The quantitative estimate of drug-likeness (QED) is 0.823. The molecular weight excluding hydrogens is 188 g/mol. The van der Waals surface area contributed by atoms with Crippen LogP contribution in [0, 0.1) is 5.92 Å². The fourth-order valence-corrected chi connectivity index (χ4v) is 2.49. The van der Waals surface area contributed by atoms with Crippen molar-refractivity contribution in [2.75, 3.05) is 7.05 Å². The molecule has 1 aromatic rings. The number of nitrogens with zero attached hydrogens (tertiary/aromatic N) is 3. The average Bonchev–Trinajstić information content (AvgIpc) is 2.66. The van der Waals surface area contributed by atoms with Gasteiger partial charge >= 0.3 is 0 Å². The highest BCUT2D eigenvalue weighted by molar-refractivity contribution is 4.88. The number of hydrogen-bond acceptors (Lipinski definition) is 3. The highest BCUT2D eigenvalue weighted by Gasteiger charge is 2.22. The molecule has 1 aliphatic carbocycles. The molecule has 1 aromatic heterocycles. The molecule has 0 saturated heterocycles. The van der Waals surface area contributed by atoms with E-state index >= 15 is 0 Å². The number of hydrogen-bond donors (Lipinski definition) is 1. The van der Waals surface area contributed by atoms with Crippen molar-refractivity contribution in [3.8, 4) is 0 Å². The molecule has 2 rings (SSSR count). The Bertz CT molecular complexity index is 307. The SMILES string of the molecule is CNCc1ncnn1C1CCCC(C)C1. The summed E-state index contributed by atoms with van der Waals surface area (Å²) >= 11 is 0. The van der Waals surface area contributed by atoms with Crippen molar-refractivity contribution in [2.45, 2.75) is 45.2 Å². The lowest BCUT2D eigenvalue weighted by molar-refractivity contribution is 0.260. The summed E-state index contributed by atoms with van der Waals surface area (Å²) in [5.41, 5.74) is 0. The summed E-state index contributed by atoms with van der Waals surface area (Å²) in [6.45, 7) is 3.14. The maximum absolute atomic E-state index is 4.36. The first-order valence-corrected chi connectivity index (χ1v) is 5.84. The van der Waals surface area contributed by atoms with Gasteiger partial charge in [0.25, 0.3) is 0 Å². The van der Waals surface area contributed by atoms with E-state index in [-0.39, 0.29) is 0 Å². The Morgan fingerprint density at radius 2 is 2.40 bits per heavy atom. The maximum Gasteiger partial charge on any atom is 0.141 e. The Morgan fingerprint density at radius 3 is 3.13 bits per heavy atom. The van der Waals surface area contributed by atoms with Crippen LogP contribution in [-0.4, -0.2) is 21.8 Å². The third-order valence-corrected chi connectivity index (χ3v) is 3.24. The molecule has 1 heterocycles. The van der Waals surface area contributed by atoms with Crippen molar-refractivity contribution in [1.29, 1.82) is 0 Å². The molecule has 0 bridgehead atoms. The van der Waals surface area contributed by atoms with Gasteiger partial charge in [-0.3, -0.25) is 0 Å². The Hall–Kier alpha value is -0.900. The summed E-state index contributed by atoms with van der Waals surface area (Å²) in [5.74, 6) is 1.90. The van der Waals surface area contributed by atoms with E-state index < -0.39 is 0 Å². The monoisotopic (exact) mass is 208 g/mol. The first kappa shape index (κ1) is 10.6. The number of rotatable bonds is 3. The van der Waals surface area contributed by atoms with E-state index in [1.807, 2.05) is 7.05 Å². The normalized spacial score (nSPS) is 26.8. The van der Waals surface area contributed by atoms with Crippen LogP contribution in [0.5, 0.6) is 0 Å². The van der Waals surface area contributed by atoms with Crippen LogP contribution in [0.15, 0.2) is 6.33 Å². The highest BCUT2D eigenvalue weighted by atomic mass is 15.4. The molecule has 0 amide bonds. The first-order valence-electron chi connectivity index (χ1n) is 5.84. The minimum absolute atomic E-state index is 0.569. The molecule has 4 heteroatoms. The predicted molar refractivity (Wildman–Crippen MR) is 59.5 cm³/mol. The Kier molecular flexibility index (Phi) is 3.36. The molecule has 1 aliphatic rings. The van der Waals surface area contributed by atoms with E-state index in [1.165, 1.54) is 25.7 Å². The molecule has 4 nitrogen and oxygen atoms in total. The molecule has 1 fully saturated rings. The van der Waals surface area contributed by atoms with E-state index in [9.17, 15) is 0 Å². The van der Waals surface area contributed by atoms with Gasteiger partial charge in [0, 0.05) is 0 Å². The van der Waals surface area contributed by atoms with Gasteiger partial charge < -0.3 is 5.32 Å². The highest BCUT2D eigenvalue weighted by Crippen LogP contribution is 2.31. The van der Waals surface area contributed by atoms with Crippen LogP contribution in [0.25, 0.3) is 0 Å². The van der Waals surface area contributed by atoms with Gasteiger partial charge in [-0.25, -0.2) is 9.67 Å². The second-order valence-corrected chi connectivity index (χ2v) is 4.58. The van der Waals surface area contributed by atoms with Crippen molar-refractivity contribution in [3.05, 3.63) is 12.2 Å². The molecular formula is C11H20N4. The van der Waals surface area contributed by atoms with Crippen LogP contribution in [-0.2, 0) is 6.54 Å². The Morgan fingerprint density at radius 1 is 1.53 bits per heavy atom. The Balaban J connectivity index is 2.10. The number of nitrogens with one attached hydrogen (secondary N) is 1. The van der Waals surface area contributed by atoms with Gasteiger partial charge in [-0.15, -0.1) is 0 Å². The lowest BCUT2D eigenvalue weighted by atomic mass is 9.87. The van der Waals surface area contributed by atoms with E-state index in [1.54, 1.807) is 6.33 Å². The van der Waals surface area contributed by atoms with Gasteiger partial charge in [-0.2, -0.15) is 5.10 Å². The summed E-state index contributed by atoms with van der Waals surface area (Å²) in [4.78, 5) is 4.30. The van der Waals surface area contributed by atoms with E-state index in [0.717, 1.165) is 18.3 Å². The van der Waals surface area contributed by atoms with Crippen molar-refractivity contribution >= 4 is 0 Å². The largest absolute Gasteiger partial charge is 0.313 e. The lowest BCUT2D eigenvalue weighted by Crippen LogP contribution is -2.22. The van der Waals surface area contributed by atoms with Gasteiger partial charge in [0.05, 0.1) is 12.6 Å². The van der Waals surface area contributed by atoms with Crippen LogP contribution >= 0.6 is 0 Å². The number of aromatic nitrogens is 3. The second-order valence-electron chi connectivity index (χ2n) is 4.58. The van der Waals surface area contributed by atoms with Crippen LogP contribution < -0.4 is 5.32 Å². The van der Waals surface area contributed by atoms with E-state index in [4.69, 9.17) is 0 Å². The summed E-state index contributed by atoms with van der Waals surface area (Å²) in [5, 5.41) is 7.50. The zero-order chi connectivity index (χ0) is 10.7. The van der Waals surface area contributed by atoms with Crippen molar-refractivity contribution < 1.29 is 0 Å². The summed E-state index contributed by atoms with van der Waals surface area (Å²) in [6.07, 6.45) is 6.87. The van der Waals surface area contributed by atoms with Gasteiger partial charge in [0.15, 0.2) is 0 Å². The van der Waals surface area contributed by atoms with Crippen molar-refractivity contribution in [3.63, 3.8) is 0 Å². The zero-order valence-corrected chi connectivity index (χ0v) is 9.61. The molecule has 84 valence electrons. The average molecular weight is 208 g/mol. The van der Waals surface area contributed by atoms with Crippen LogP contribution in [0.4, 0.5) is 0 Å². The third-order valence-electron chi connectivity index (χ3n) is 3.24. The smallest absolute Gasteiger partial charge is 0.141 e. The summed E-state index contributed by atoms with van der Waals surface area (Å²) in [6, 6.07) is 0.569. The fourth-order valence-electron chi connectivity index (χ4n) is 2.49. The molecule has 1 saturated carbocycles. The molecule has 2 atom stereocenters. The second kappa shape index (κ2) is 4.75. The third kappa shape index (κ3) is 2.37. The maximum atomic E-state index is 4.36. The fraction of sp³-hybridized carbons (Fsp3) is 0.818. The Labute approximate surface area is 91.1 Å². The van der Waals surface area contributed by atoms with Crippen molar-refractivity contribution in [1.82, 2.24) is 20.1 Å². The van der Waals surface area contributed by atoms with Gasteiger partial charge in [0.2, 0.25) is 0 Å². The van der Waals surface area contributed by atoms with Gasteiger partial charge in [-0.05, 0) is 25.8 Å². The minimum Gasteiger partial charge on any atom is -0.313 e.